The number of rotatable bonds is 8. The quantitative estimate of drug-likeness (QED) is 0.150. The Bertz CT molecular complexity index is 2340. The molecule has 9 aromatic rings. The highest BCUT2D eigenvalue weighted by molar-refractivity contribution is 7.14. The number of benzene rings is 5. The fourth-order valence-corrected chi connectivity index (χ4v) is 8.34. The molecule has 4 nitrogen and oxygen atoms in total. The monoisotopic (exact) mass is 678 g/mol. The van der Waals surface area contributed by atoms with Crippen LogP contribution in [0.2, 0.25) is 0 Å². The van der Waals surface area contributed by atoms with Crippen LogP contribution in [0.25, 0.3) is 43.8 Å². The van der Waals surface area contributed by atoms with Gasteiger partial charge in [0.25, 0.3) is 0 Å². The molecular weight excluding hydrogens is 649 g/mol. The maximum atomic E-state index is 4.78. The highest BCUT2D eigenvalue weighted by Gasteiger charge is 2.22. The Morgan fingerprint density at radius 2 is 0.820 bits per heavy atom. The van der Waals surface area contributed by atoms with Crippen molar-refractivity contribution in [2.24, 2.45) is 0 Å². The van der Waals surface area contributed by atoms with Crippen LogP contribution in [0.5, 0.6) is 0 Å². The summed E-state index contributed by atoms with van der Waals surface area (Å²) in [6, 6.07) is 56.0. The SMILES string of the molecule is c1ccc(-c2c3ccc(N(c4ccccn4)c4cccs4)cc3c(-c3ccccc3)c3ccc(N(c4ccccn4)c4cccs4)cc23)cc1. The Morgan fingerprint density at radius 3 is 1.20 bits per heavy atom. The number of fused-ring (bicyclic) bond motifs is 2. The number of hydrogen-bond acceptors (Lipinski definition) is 6. The summed E-state index contributed by atoms with van der Waals surface area (Å²) in [5, 5.41) is 11.2. The van der Waals surface area contributed by atoms with Gasteiger partial charge in [0, 0.05) is 23.8 Å². The molecule has 50 heavy (non-hydrogen) atoms. The summed E-state index contributed by atoms with van der Waals surface area (Å²) in [5.74, 6) is 1.76. The Morgan fingerprint density at radius 1 is 0.380 bits per heavy atom. The zero-order valence-corrected chi connectivity index (χ0v) is 28.6. The third-order valence-electron chi connectivity index (χ3n) is 8.93. The molecule has 0 unspecified atom stereocenters. The van der Waals surface area contributed by atoms with Gasteiger partial charge in [-0.1, -0.05) is 84.9 Å². The smallest absolute Gasteiger partial charge is 0.138 e. The zero-order chi connectivity index (χ0) is 33.3. The first-order valence-corrected chi connectivity index (χ1v) is 18.2. The Labute approximate surface area is 298 Å². The number of hydrogen-bond donors (Lipinski definition) is 0. The van der Waals surface area contributed by atoms with Gasteiger partial charge in [0.1, 0.15) is 21.6 Å². The largest absolute Gasteiger partial charge is 0.286 e. The average molecular weight is 679 g/mol. The molecular formula is C44H30N4S2. The lowest BCUT2D eigenvalue weighted by Crippen LogP contribution is -2.10. The first-order valence-electron chi connectivity index (χ1n) is 16.5. The summed E-state index contributed by atoms with van der Waals surface area (Å²) in [5.41, 5.74) is 6.88. The van der Waals surface area contributed by atoms with Gasteiger partial charge in [-0.2, -0.15) is 0 Å². The molecule has 0 N–H and O–H groups in total. The maximum Gasteiger partial charge on any atom is 0.138 e. The van der Waals surface area contributed by atoms with E-state index >= 15 is 0 Å². The number of nitrogens with zero attached hydrogens (tertiary/aromatic N) is 4. The standard InChI is InChI=1S/C44H30N4S2/c1-3-13-31(14-4-1)43-35-23-21-34(48(42-20-12-28-50-42)40-18-8-10-26-46-40)30-38(35)44(32-15-5-2-6-16-32)36-24-22-33(29-37(36)43)47(41-19-11-27-49-41)39-17-7-9-25-45-39/h1-30H. The van der Waals surface area contributed by atoms with Gasteiger partial charge in [-0.15, -0.1) is 22.7 Å². The Kier molecular flexibility index (Phi) is 7.85. The third-order valence-corrected chi connectivity index (χ3v) is 10.6. The molecule has 0 fully saturated rings. The van der Waals surface area contributed by atoms with Crippen LogP contribution < -0.4 is 9.80 Å². The first-order chi connectivity index (χ1) is 24.8. The molecule has 5 aromatic carbocycles. The van der Waals surface area contributed by atoms with E-state index in [1.165, 1.54) is 43.8 Å². The van der Waals surface area contributed by atoms with E-state index in [0.717, 1.165) is 33.0 Å². The summed E-state index contributed by atoms with van der Waals surface area (Å²) in [6.45, 7) is 0. The molecule has 9 rings (SSSR count). The van der Waals surface area contributed by atoms with Crippen LogP contribution in [-0.2, 0) is 0 Å². The van der Waals surface area contributed by atoms with E-state index in [1.54, 1.807) is 22.7 Å². The van der Waals surface area contributed by atoms with Gasteiger partial charge in [0.2, 0.25) is 0 Å². The molecule has 0 amide bonds. The molecule has 0 aliphatic heterocycles. The predicted octanol–water partition coefficient (Wildman–Crippen LogP) is 13.2. The number of pyridine rings is 2. The molecule has 238 valence electrons. The minimum Gasteiger partial charge on any atom is -0.286 e. The molecule has 0 aliphatic rings. The van der Waals surface area contributed by atoms with E-state index in [0.29, 0.717) is 0 Å². The summed E-state index contributed by atoms with van der Waals surface area (Å²) < 4.78 is 0. The minimum absolute atomic E-state index is 0.882. The lowest BCUT2D eigenvalue weighted by molar-refractivity contribution is 1.20. The fourth-order valence-electron chi connectivity index (χ4n) is 6.83. The van der Waals surface area contributed by atoms with Crippen LogP contribution in [0.15, 0.2) is 181 Å². The van der Waals surface area contributed by atoms with E-state index in [9.17, 15) is 0 Å². The molecule has 4 aromatic heterocycles. The molecule has 6 heteroatoms. The second kappa shape index (κ2) is 13.1. The molecule has 0 bridgehead atoms. The number of aromatic nitrogens is 2. The molecule has 0 saturated heterocycles. The van der Waals surface area contributed by atoms with Crippen molar-refractivity contribution in [3.8, 4) is 22.3 Å². The van der Waals surface area contributed by atoms with Crippen LogP contribution in [0.3, 0.4) is 0 Å². The Hall–Kier alpha value is -6.08. The Balaban J connectivity index is 1.37. The van der Waals surface area contributed by atoms with Gasteiger partial charge < -0.3 is 0 Å². The molecule has 0 spiro atoms. The molecule has 4 heterocycles. The van der Waals surface area contributed by atoms with Crippen molar-refractivity contribution in [3.63, 3.8) is 0 Å². The highest BCUT2D eigenvalue weighted by Crippen LogP contribution is 2.48. The van der Waals surface area contributed by atoms with Gasteiger partial charge in [-0.05, 0) is 127 Å². The number of thiophene rings is 2. The van der Waals surface area contributed by atoms with Crippen molar-refractivity contribution < 1.29 is 0 Å². The van der Waals surface area contributed by atoms with E-state index in [-0.39, 0.29) is 0 Å². The van der Waals surface area contributed by atoms with Crippen molar-refractivity contribution >= 4 is 77.2 Å². The van der Waals surface area contributed by atoms with Crippen molar-refractivity contribution in [3.05, 3.63) is 181 Å². The lowest BCUT2D eigenvalue weighted by Gasteiger charge is -2.26. The second-order valence-electron chi connectivity index (χ2n) is 11.9. The number of anilines is 6. The van der Waals surface area contributed by atoms with E-state index < -0.39 is 0 Å². The fraction of sp³-hybridized carbons (Fsp3) is 0. The zero-order valence-electron chi connectivity index (χ0n) is 26.9. The second-order valence-corrected chi connectivity index (χ2v) is 13.7. The predicted molar refractivity (Wildman–Crippen MR) is 213 cm³/mol. The van der Waals surface area contributed by atoms with Crippen molar-refractivity contribution in [2.75, 3.05) is 9.80 Å². The van der Waals surface area contributed by atoms with Crippen molar-refractivity contribution in [1.29, 1.82) is 0 Å². The first kappa shape index (κ1) is 30.0. The summed E-state index contributed by atoms with van der Waals surface area (Å²) >= 11 is 3.41. The summed E-state index contributed by atoms with van der Waals surface area (Å²) in [6.07, 6.45) is 3.71. The average Bonchev–Trinajstić information content (AvgIpc) is 3.92. The van der Waals surface area contributed by atoms with Crippen LogP contribution in [0.4, 0.5) is 33.0 Å². The van der Waals surface area contributed by atoms with Crippen LogP contribution in [0.1, 0.15) is 0 Å². The van der Waals surface area contributed by atoms with Gasteiger partial charge in [0.15, 0.2) is 0 Å². The van der Waals surface area contributed by atoms with E-state index in [4.69, 9.17) is 9.97 Å². The normalized spacial score (nSPS) is 11.2. The van der Waals surface area contributed by atoms with Crippen molar-refractivity contribution in [1.82, 2.24) is 9.97 Å². The third kappa shape index (κ3) is 5.41. The lowest BCUT2D eigenvalue weighted by atomic mass is 9.85. The minimum atomic E-state index is 0.882. The van der Waals surface area contributed by atoms with E-state index in [1.807, 2.05) is 36.7 Å². The molecule has 0 atom stereocenters. The highest BCUT2D eigenvalue weighted by atomic mass is 32.1. The van der Waals surface area contributed by atoms with Gasteiger partial charge in [0.05, 0.1) is 0 Å². The maximum absolute atomic E-state index is 4.78. The van der Waals surface area contributed by atoms with Gasteiger partial charge in [-0.25, -0.2) is 9.97 Å². The molecule has 0 saturated carbocycles. The van der Waals surface area contributed by atoms with Crippen LogP contribution in [-0.4, -0.2) is 9.97 Å². The summed E-state index contributed by atoms with van der Waals surface area (Å²) in [4.78, 5) is 14.1. The summed E-state index contributed by atoms with van der Waals surface area (Å²) in [7, 11) is 0. The van der Waals surface area contributed by atoms with Crippen LogP contribution in [0, 0.1) is 0 Å². The van der Waals surface area contributed by atoms with E-state index in [2.05, 4.69) is 154 Å². The van der Waals surface area contributed by atoms with Gasteiger partial charge in [-0.3, -0.25) is 9.80 Å². The van der Waals surface area contributed by atoms with Gasteiger partial charge >= 0.3 is 0 Å². The molecule has 0 radical (unpaired) electrons. The topological polar surface area (TPSA) is 32.3 Å². The van der Waals surface area contributed by atoms with Crippen molar-refractivity contribution in [2.45, 2.75) is 0 Å². The van der Waals surface area contributed by atoms with Crippen LogP contribution >= 0.6 is 22.7 Å². The molecule has 0 aliphatic carbocycles.